The lowest BCUT2D eigenvalue weighted by Crippen LogP contribution is -2.32. The predicted molar refractivity (Wildman–Crippen MR) is 137 cm³/mol. The van der Waals surface area contributed by atoms with Crippen LogP contribution in [0.3, 0.4) is 0 Å². The first-order valence-electron chi connectivity index (χ1n) is 11.6. The van der Waals surface area contributed by atoms with Gasteiger partial charge >= 0.3 is 0 Å². The molecule has 0 radical (unpaired) electrons. The van der Waals surface area contributed by atoms with Crippen molar-refractivity contribution in [1.82, 2.24) is 9.88 Å². The van der Waals surface area contributed by atoms with E-state index in [0.29, 0.717) is 45.4 Å². The van der Waals surface area contributed by atoms with E-state index in [1.807, 2.05) is 30.3 Å². The first kappa shape index (κ1) is 24.1. The molecular formula is C28H26N2O7. The van der Waals surface area contributed by atoms with Crippen LogP contribution in [0, 0.1) is 0 Å². The van der Waals surface area contributed by atoms with E-state index in [-0.39, 0.29) is 31.3 Å². The molecule has 4 aromatic rings. The highest BCUT2D eigenvalue weighted by molar-refractivity contribution is 5.95. The predicted octanol–water partition coefficient (Wildman–Crippen LogP) is 4.13. The maximum absolute atomic E-state index is 13.8. The molecule has 0 unspecified atom stereocenters. The number of nitrogens with zero attached hydrogens (tertiary/aromatic N) is 1. The number of methoxy groups -OCH3 is 3. The zero-order chi connectivity index (χ0) is 25.9. The third-order valence-electron chi connectivity index (χ3n) is 6.25. The summed E-state index contributed by atoms with van der Waals surface area (Å²) >= 11 is 0. The number of benzene rings is 3. The molecule has 0 fully saturated rings. The minimum absolute atomic E-state index is 0.0605. The molecule has 2 heterocycles. The molecule has 1 aromatic heterocycles. The number of pyridine rings is 1. The van der Waals surface area contributed by atoms with E-state index in [2.05, 4.69) is 4.98 Å². The Kier molecular flexibility index (Phi) is 6.59. The highest BCUT2D eigenvalue weighted by atomic mass is 16.7. The van der Waals surface area contributed by atoms with Gasteiger partial charge in [0, 0.05) is 34.7 Å². The van der Waals surface area contributed by atoms with Gasteiger partial charge in [-0.1, -0.05) is 18.2 Å². The van der Waals surface area contributed by atoms with Crippen LogP contribution in [0.25, 0.3) is 10.9 Å². The maximum atomic E-state index is 13.8. The molecule has 1 aliphatic rings. The van der Waals surface area contributed by atoms with Crippen LogP contribution in [0.2, 0.25) is 0 Å². The van der Waals surface area contributed by atoms with E-state index in [1.165, 1.54) is 14.2 Å². The summed E-state index contributed by atoms with van der Waals surface area (Å²) in [5.74, 6) is 2.50. The maximum Gasteiger partial charge on any atom is 0.254 e. The van der Waals surface area contributed by atoms with Gasteiger partial charge in [-0.2, -0.15) is 0 Å². The summed E-state index contributed by atoms with van der Waals surface area (Å²) in [5, 5.41) is 0.773. The Hall–Kier alpha value is -4.66. The second-order valence-electron chi connectivity index (χ2n) is 8.46. The summed E-state index contributed by atoms with van der Waals surface area (Å²) in [6.45, 7) is 0.413. The number of fused-ring (bicyclic) bond motifs is 2. The quantitative estimate of drug-likeness (QED) is 0.387. The summed E-state index contributed by atoms with van der Waals surface area (Å²) in [7, 11) is 4.63. The average molecular weight is 503 g/mol. The molecule has 1 amide bonds. The fourth-order valence-electron chi connectivity index (χ4n) is 4.35. The molecular weight excluding hydrogens is 476 g/mol. The number of carbonyl (C=O) groups is 1. The van der Waals surface area contributed by atoms with Crippen LogP contribution in [-0.2, 0) is 13.1 Å². The highest BCUT2D eigenvalue weighted by Crippen LogP contribution is 2.35. The number of hydrogen-bond acceptors (Lipinski definition) is 7. The van der Waals surface area contributed by atoms with Crippen molar-refractivity contribution >= 4 is 16.8 Å². The van der Waals surface area contributed by atoms with Crippen LogP contribution >= 0.6 is 0 Å². The zero-order valence-corrected chi connectivity index (χ0v) is 20.7. The molecule has 9 nitrogen and oxygen atoms in total. The fourth-order valence-corrected chi connectivity index (χ4v) is 4.35. The number of ether oxygens (including phenoxy) is 5. The van der Waals surface area contributed by atoms with Crippen molar-refractivity contribution in [3.05, 3.63) is 87.7 Å². The van der Waals surface area contributed by atoms with Gasteiger partial charge in [-0.05, 0) is 36.4 Å². The zero-order valence-electron chi connectivity index (χ0n) is 20.7. The smallest absolute Gasteiger partial charge is 0.254 e. The average Bonchev–Trinajstić information content (AvgIpc) is 3.38. The number of hydrogen-bond donors (Lipinski definition) is 1. The molecule has 5 rings (SSSR count). The van der Waals surface area contributed by atoms with Crippen LogP contribution in [0.5, 0.6) is 28.7 Å². The number of aromatic nitrogens is 1. The molecule has 1 aliphatic heterocycles. The first-order chi connectivity index (χ1) is 18.0. The van der Waals surface area contributed by atoms with Crippen LogP contribution in [0.4, 0.5) is 0 Å². The normalized spacial score (nSPS) is 11.9. The molecule has 0 saturated carbocycles. The highest BCUT2D eigenvalue weighted by Gasteiger charge is 2.22. The molecule has 0 saturated heterocycles. The van der Waals surface area contributed by atoms with E-state index < -0.39 is 0 Å². The van der Waals surface area contributed by atoms with Crippen LogP contribution in [-0.4, -0.2) is 43.9 Å². The largest absolute Gasteiger partial charge is 0.496 e. The topological polar surface area (TPSA) is 99.3 Å². The minimum Gasteiger partial charge on any atom is -0.496 e. The van der Waals surface area contributed by atoms with E-state index in [9.17, 15) is 9.59 Å². The number of H-pyrrole nitrogens is 1. The van der Waals surface area contributed by atoms with Gasteiger partial charge in [-0.3, -0.25) is 9.59 Å². The number of carbonyl (C=O) groups excluding carboxylic acids is 1. The molecule has 190 valence electrons. The molecule has 37 heavy (non-hydrogen) atoms. The van der Waals surface area contributed by atoms with Gasteiger partial charge in [0.2, 0.25) is 6.79 Å². The van der Waals surface area contributed by atoms with Gasteiger partial charge < -0.3 is 33.6 Å². The molecule has 3 aromatic carbocycles. The van der Waals surface area contributed by atoms with Crippen molar-refractivity contribution in [3.63, 3.8) is 0 Å². The number of para-hydroxylation sites is 1. The number of nitrogens with one attached hydrogen (secondary N) is 1. The van der Waals surface area contributed by atoms with E-state index in [4.69, 9.17) is 23.7 Å². The van der Waals surface area contributed by atoms with Gasteiger partial charge in [0.25, 0.3) is 11.5 Å². The van der Waals surface area contributed by atoms with Crippen molar-refractivity contribution < 1.29 is 28.5 Å². The van der Waals surface area contributed by atoms with E-state index in [1.54, 1.807) is 42.3 Å². The molecule has 0 bridgehead atoms. The standard InChI is InChI=1S/C28H26N2O7/c1-33-22-7-5-4-6-18(22)14-30(28(32)17-8-9-23(34-2)24(11-17)35-3)15-20-10-19-12-25-26(37-16-36-25)13-21(19)29-27(20)31/h4-13H,14-16H2,1-3H3,(H,29,31). The van der Waals surface area contributed by atoms with Gasteiger partial charge in [0.05, 0.1) is 33.4 Å². The Labute approximate surface area is 213 Å². The SMILES string of the molecule is COc1ccccc1CN(Cc1cc2cc3c(cc2[nH]c1=O)OCO3)C(=O)c1ccc(OC)c(OC)c1. The van der Waals surface area contributed by atoms with Gasteiger partial charge in [0.1, 0.15) is 5.75 Å². The van der Waals surface area contributed by atoms with Crippen molar-refractivity contribution in [2.45, 2.75) is 13.1 Å². The number of aromatic amines is 1. The van der Waals surface area contributed by atoms with E-state index >= 15 is 0 Å². The Bertz CT molecular complexity index is 1530. The van der Waals surface area contributed by atoms with Crippen molar-refractivity contribution in [2.24, 2.45) is 0 Å². The lowest BCUT2D eigenvalue weighted by Gasteiger charge is -2.24. The minimum atomic E-state index is -0.295. The van der Waals surface area contributed by atoms with Gasteiger partial charge in [-0.15, -0.1) is 0 Å². The molecule has 9 heteroatoms. The lowest BCUT2D eigenvalue weighted by molar-refractivity contribution is 0.0728. The third-order valence-corrected chi connectivity index (χ3v) is 6.25. The fraction of sp³-hybridized carbons (Fsp3) is 0.214. The van der Waals surface area contributed by atoms with Crippen LogP contribution in [0.1, 0.15) is 21.5 Å². The second-order valence-corrected chi connectivity index (χ2v) is 8.46. The summed E-state index contributed by atoms with van der Waals surface area (Å²) in [4.78, 5) is 31.4. The van der Waals surface area contributed by atoms with Crippen molar-refractivity contribution in [3.8, 4) is 28.7 Å². The Balaban J connectivity index is 1.54. The summed E-state index contributed by atoms with van der Waals surface area (Å²) in [5.41, 5.74) is 1.96. The van der Waals surface area contributed by atoms with Crippen molar-refractivity contribution in [1.29, 1.82) is 0 Å². The molecule has 0 atom stereocenters. The van der Waals surface area contributed by atoms with Crippen molar-refractivity contribution in [2.75, 3.05) is 28.1 Å². The summed E-state index contributed by atoms with van der Waals surface area (Å²) in [6.07, 6.45) is 0. The summed E-state index contributed by atoms with van der Waals surface area (Å²) < 4.78 is 27.1. The van der Waals surface area contributed by atoms with Crippen LogP contribution < -0.4 is 29.2 Å². The first-order valence-corrected chi connectivity index (χ1v) is 11.6. The molecule has 1 N–H and O–H groups in total. The molecule has 0 spiro atoms. The van der Waals surface area contributed by atoms with E-state index in [0.717, 1.165) is 10.9 Å². The number of amides is 1. The summed E-state index contributed by atoms with van der Waals surface area (Å²) in [6, 6.07) is 17.8. The van der Waals surface area contributed by atoms with Gasteiger partial charge in [-0.25, -0.2) is 0 Å². The number of rotatable bonds is 8. The van der Waals surface area contributed by atoms with Gasteiger partial charge in [0.15, 0.2) is 23.0 Å². The Morgan fingerprint density at radius 1 is 0.838 bits per heavy atom. The third kappa shape index (κ3) is 4.75. The lowest BCUT2D eigenvalue weighted by atomic mass is 10.1. The van der Waals surface area contributed by atoms with Crippen LogP contribution in [0.15, 0.2) is 65.5 Å². The monoisotopic (exact) mass is 502 g/mol. The second kappa shape index (κ2) is 10.1. The Morgan fingerprint density at radius 2 is 1.54 bits per heavy atom. The Morgan fingerprint density at radius 3 is 2.30 bits per heavy atom. The molecule has 0 aliphatic carbocycles.